The molecule has 0 bridgehead atoms. The van der Waals surface area contributed by atoms with Crippen LogP contribution in [0.5, 0.6) is 5.75 Å². The molecule has 0 saturated carbocycles. The van der Waals surface area contributed by atoms with Gasteiger partial charge < -0.3 is 4.74 Å². The molecule has 4 aromatic rings. The van der Waals surface area contributed by atoms with Gasteiger partial charge in [-0.05, 0) is 18.4 Å². The van der Waals surface area contributed by atoms with Crippen LogP contribution in [0.25, 0.3) is 16.6 Å². The molecule has 130 valence electrons. The number of hydrogen-bond donors (Lipinski definition) is 0. The number of rotatable bonds is 3. The topological polar surface area (TPSA) is 70.1 Å². The van der Waals surface area contributed by atoms with Gasteiger partial charge in [-0.2, -0.15) is 10.2 Å². The molecule has 0 aromatic carbocycles. The molecule has 0 spiro atoms. The van der Waals surface area contributed by atoms with Gasteiger partial charge in [-0.1, -0.05) is 24.2 Å². The van der Waals surface area contributed by atoms with Crippen molar-refractivity contribution in [2.45, 2.75) is 13.3 Å². The number of aryl methyl sites for hydroxylation is 2. The highest BCUT2D eigenvalue weighted by Gasteiger charge is 2.12. The summed E-state index contributed by atoms with van der Waals surface area (Å²) in [4.78, 5) is 0. The number of pyridine rings is 1. The van der Waals surface area contributed by atoms with E-state index in [1.165, 1.54) is 11.3 Å². The van der Waals surface area contributed by atoms with Crippen LogP contribution in [0.3, 0.4) is 0 Å². The summed E-state index contributed by atoms with van der Waals surface area (Å²) in [5.41, 5.74) is 3.58. The number of fused-ring (bicyclic) bond motifs is 1. The zero-order chi connectivity index (χ0) is 18.1. The summed E-state index contributed by atoms with van der Waals surface area (Å²) in [7, 11) is 3.53. The van der Waals surface area contributed by atoms with Crippen LogP contribution in [0.1, 0.15) is 22.5 Å². The third-order valence-corrected chi connectivity index (χ3v) is 4.89. The van der Waals surface area contributed by atoms with Crippen molar-refractivity contribution < 1.29 is 4.74 Å². The monoisotopic (exact) mass is 364 g/mol. The van der Waals surface area contributed by atoms with Crippen molar-refractivity contribution in [1.82, 2.24) is 29.6 Å². The largest absolute Gasteiger partial charge is 0.494 e. The molecular weight excluding hydrogens is 348 g/mol. The fraction of sp³-hybridized carbons (Fsp3) is 0.222. The Kier molecular flexibility index (Phi) is 4.14. The lowest BCUT2D eigenvalue weighted by atomic mass is 10.1. The van der Waals surface area contributed by atoms with Crippen LogP contribution >= 0.6 is 11.3 Å². The Bertz CT molecular complexity index is 1140. The molecule has 26 heavy (non-hydrogen) atoms. The van der Waals surface area contributed by atoms with E-state index < -0.39 is 0 Å². The van der Waals surface area contributed by atoms with Crippen molar-refractivity contribution in [1.29, 1.82) is 0 Å². The SMILES string of the molecule is CCc1nnc(C#Cc2cnn3cc(-c4cnn(C)c4)cc(OC)c23)s1. The Morgan fingerprint density at radius 3 is 2.69 bits per heavy atom. The summed E-state index contributed by atoms with van der Waals surface area (Å²) < 4.78 is 9.13. The minimum atomic E-state index is 0.701. The fourth-order valence-electron chi connectivity index (χ4n) is 2.63. The third kappa shape index (κ3) is 2.93. The van der Waals surface area contributed by atoms with Gasteiger partial charge in [0.1, 0.15) is 16.3 Å². The molecule has 4 heterocycles. The fourth-order valence-corrected chi connectivity index (χ4v) is 3.26. The molecule has 0 N–H and O–H groups in total. The van der Waals surface area contributed by atoms with Crippen molar-refractivity contribution in [3.8, 4) is 28.7 Å². The van der Waals surface area contributed by atoms with Gasteiger partial charge in [0.05, 0.1) is 25.1 Å². The van der Waals surface area contributed by atoms with Crippen LogP contribution < -0.4 is 4.74 Å². The number of aromatic nitrogens is 6. The number of methoxy groups -OCH3 is 1. The standard InChI is InChI=1S/C18H16N6OS/c1-4-16-21-22-17(26-16)6-5-12-8-20-24-11-13(7-15(25-3)18(12)24)14-9-19-23(2)10-14/h7-11H,4H2,1-3H3. The first-order valence-corrected chi connectivity index (χ1v) is 8.88. The molecular formula is C18H16N6OS. The average Bonchev–Trinajstić information content (AvgIpc) is 3.38. The van der Waals surface area contributed by atoms with Crippen LogP contribution in [0.4, 0.5) is 0 Å². The predicted molar refractivity (Wildman–Crippen MR) is 99.2 cm³/mol. The molecule has 0 amide bonds. The summed E-state index contributed by atoms with van der Waals surface area (Å²) in [5.74, 6) is 6.91. The van der Waals surface area contributed by atoms with E-state index >= 15 is 0 Å². The molecule has 4 rings (SSSR count). The first-order valence-electron chi connectivity index (χ1n) is 8.06. The van der Waals surface area contributed by atoms with Gasteiger partial charge in [-0.3, -0.25) is 4.68 Å². The lowest BCUT2D eigenvalue weighted by Gasteiger charge is -2.06. The highest BCUT2D eigenvalue weighted by Crippen LogP contribution is 2.29. The second-order valence-corrected chi connectivity index (χ2v) is 6.72. The van der Waals surface area contributed by atoms with Crippen LogP contribution in [-0.4, -0.2) is 36.7 Å². The minimum Gasteiger partial charge on any atom is -0.494 e. The zero-order valence-corrected chi connectivity index (χ0v) is 15.4. The molecule has 0 unspecified atom stereocenters. The second kappa shape index (κ2) is 6.61. The zero-order valence-electron chi connectivity index (χ0n) is 14.6. The molecule has 0 radical (unpaired) electrons. The molecule has 0 saturated heterocycles. The van der Waals surface area contributed by atoms with Crippen molar-refractivity contribution in [3.05, 3.63) is 46.4 Å². The summed E-state index contributed by atoms with van der Waals surface area (Å²) in [6, 6.07) is 1.97. The van der Waals surface area contributed by atoms with E-state index in [0.29, 0.717) is 10.8 Å². The predicted octanol–water partition coefficient (Wildman–Crippen LogP) is 2.56. The molecule has 4 aromatic heterocycles. The van der Waals surface area contributed by atoms with Gasteiger partial charge >= 0.3 is 0 Å². The summed E-state index contributed by atoms with van der Waals surface area (Å²) in [6.07, 6.45) is 8.30. The van der Waals surface area contributed by atoms with Crippen molar-refractivity contribution >= 4 is 16.9 Å². The highest BCUT2D eigenvalue weighted by molar-refractivity contribution is 7.11. The second-order valence-electron chi connectivity index (χ2n) is 5.66. The van der Waals surface area contributed by atoms with Gasteiger partial charge in [0.15, 0.2) is 5.01 Å². The van der Waals surface area contributed by atoms with Gasteiger partial charge in [0, 0.05) is 30.6 Å². The van der Waals surface area contributed by atoms with Gasteiger partial charge in [-0.25, -0.2) is 4.52 Å². The van der Waals surface area contributed by atoms with Crippen molar-refractivity contribution in [2.75, 3.05) is 7.11 Å². The van der Waals surface area contributed by atoms with Crippen molar-refractivity contribution in [2.24, 2.45) is 7.05 Å². The van der Waals surface area contributed by atoms with Crippen LogP contribution in [0, 0.1) is 11.8 Å². The number of nitrogens with zero attached hydrogens (tertiary/aromatic N) is 6. The summed E-state index contributed by atoms with van der Waals surface area (Å²) >= 11 is 1.51. The Balaban J connectivity index is 1.78. The quantitative estimate of drug-likeness (QED) is 0.523. The maximum Gasteiger partial charge on any atom is 0.191 e. The summed E-state index contributed by atoms with van der Waals surface area (Å²) in [6.45, 7) is 2.05. The van der Waals surface area contributed by atoms with E-state index in [9.17, 15) is 0 Å². The third-order valence-electron chi connectivity index (χ3n) is 3.91. The summed E-state index contributed by atoms with van der Waals surface area (Å²) in [5, 5.41) is 18.5. The van der Waals surface area contributed by atoms with E-state index in [2.05, 4.69) is 32.2 Å². The molecule has 7 nitrogen and oxygen atoms in total. The molecule has 0 aliphatic carbocycles. The number of ether oxygens (including phenoxy) is 1. The first kappa shape index (κ1) is 16.3. The Morgan fingerprint density at radius 1 is 1.12 bits per heavy atom. The molecule has 0 aliphatic heterocycles. The van der Waals surface area contributed by atoms with E-state index in [0.717, 1.165) is 33.6 Å². The van der Waals surface area contributed by atoms with Gasteiger partial charge in [0.25, 0.3) is 0 Å². The Labute approximate surface area is 154 Å². The molecule has 0 fully saturated rings. The molecule has 0 aliphatic rings. The van der Waals surface area contributed by atoms with Crippen LogP contribution in [-0.2, 0) is 13.5 Å². The number of hydrogen-bond acceptors (Lipinski definition) is 6. The lowest BCUT2D eigenvalue weighted by molar-refractivity contribution is 0.417. The van der Waals surface area contributed by atoms with E-state index in [1.54, 1.807) is 22.5 Å². The average molecular weight is 364 g/mol. The maximum atomic E-state index is 5.59. The van der Waals surface area contributed by atoms with Gasteiger partial charge in [0.2, 0.25) is 0 Å². The normalized spacial score (nSPS) is 10.7. The Hall–Kier alpha value is -3.18. The maximum absolute atomic E-state index is 5.59. The van der Waals surface area contributed by atoms with Crippen molar-refractivity contribution in [3.63, 3.8) is 0 Å². The minimum absolute atomic E-state index is 0.701. The van der Waals surface area contributed by atoms with E-state index in [-0.39, 0.29) is 0 Å². The Morgan fingerprint density at radius 2 is 2.00 bits per heavy atom. The van der Waals surface area contributed by atoms with Crippen LogP contribution in [0.15, 0.2) is 30.9 Å². The molecule has 0 atom stereocenters. The van der Waals surface area contributed by atoms with Crippen LogP contribution in [0.2, 0.25) is 0 Å². The highest BCUT2D eigenvalue weighted by atomic mass is 32.1. The molecule has 8 heteroatoms. The van der Waals surface area contributed by atoms with E-state index in [4.69, 9.17) is 4.74 Å². The first-order chi connectivity index (χ1) is 12.7. The lowest BCUT2D eigenvalue weighted by Crippen LogP contribution is -1.94. The van der Waals surface area contributed by atoms with Gasteiger partial charge in [-0.15, -0.1) is 10.2 Å². The van der Waals surface area contributed by atoms with E-state index in [1.807, 2.05) is 38.6 Å². The smallest absolute Gasteiger partial charge is 0.191 e.